The minimum atomic E-state index is -0.261. The number of amides is 1. The highest BCUT2D eigenvalue weighted by atomic mass is 16.6. The van der Waals surface area contributed by atoms with E-state index in [0.717, 1.165) is 48.8 Å². The van der Waals surface area contributed by atoms with Gasteiger partial charge in [-0.3, -0.25) is 14.3 Å². The number of ether oxygens (including phenoxy) is 1. The molecule has 1 N–H and O–H groups in total. The maximum absolute atomic E-state index is 12.5. The van der Waals surface area contributed by atoms with Crippen LogP contribution in [-0.2, 0) is 11.4 Å². The van der Waals surface area contributed by atoms with E-state index < -0.39 is 0 Å². The van der Waals surface area contributed by atoms with Gasteiger partial charge in [-0.25, -0.2) is 5.48 Å². The summed E-state index contributed by atoms with van der Waals surface area (Å²) in [6.45, 7) is 4.36. The summed E-state index contributed by atoms with van der Waals surface area (Å²) >= 11 is 0. The molecule has 0 unspecified atom stereocenters. The first-order chi connectivity index (χ1) is 12.1. The number of benzene rings is 1. The standard InChI is InChI=1S/C18H24N4O3/c1-13-16(18(23)20-25-3)17(21-10-4-5-11-21)19-22(13)12-14-6-8-15(24-2)9-7-14/h6-9H,4-5,10-12H2,1-3H3,(H,20,23). The molecular formula is C18H24N4O3. The Morgan fingerprint density at radius 3 is 2.48 bits per heavy atom. The van der Waals surface area contributed by atoms with E-state index in [1.807, 2.05) is 35.9 Å². The molecule has 1 aromatic heterocycles. The summed E-state index contributed by atoms with van der Waals surface area (Å²) in [6.07, 6.45) is 2.24. The summed E-state index contributed by atoms with van der Waals surface area (Å²) in [7, 11) is 3.08. The molecule has 0 aliphatic carbocycles. The number of hydroxylamine groups is 1. The molecule has 1 fully saturated rings. The van der Waals surface area contributed by atoms with Crippen molar-refractivity contribution in [3.05, 3.63) is 41.1 Å². The molecule has 1 amide bonds. The van der Waals surface area contributed by atoms with Crippen LogP contribution >= 0.6 is 0 Å². The Labute approximate surface area is 147 Å². The van der Waals surface area contributed by atoms with E-state index in [-0.39, 0.29) is 5.91 Å². The molecule has 134 valence electrons. The molecule has 7 nitrogen and oxygen atoms in total. The van der Waals surface area contributed by atoms with Crippen LogP contribution in [0, 0.1) is 6.92 Å². The molecule has 0 saturated carbocycles. The van der Waals surface area contributed by atoms with Crippen LogP contribution in [0.5, 0.6) is 5.75 Å². The molecule has 0 bridgehead atoms. The zero-order valence-electron chi connectivity index (χ0n) is 14.9. The van der Waals surface area contributed by atoms with Crippen LogP contribution in [0.25, 0.3) is 0 Å². The van der Waals surface area contributed by atoms with Gasteiger partial charge >= 0.3 is 0 Å². The monoisotopic (exact) mass is 344 g/mol. The zero-order chi connectivity index (χ0) is 17.8. The summed E-state index contributed by atoms with van der Waals surface area (Å²) in [4.78, 5) is 19.4. The molecule has 0 spiro atoms. The number of rotatable bonds is 6. The number of methoxy groups -OCH3 is 1. The molecule has 1 aromatic carbocycles. The number of aromatic nitrogens is 2. The van der Waals surface area contributed by atoms with Crippen LogP contribution < -0.4 is 15.1 Å². The molecule has 2 aromatic rings. The first-order valence-corrected chi connectivity index (χ1v) is 8.42. The Kier molecular flexibility index (Phi) is 5.23. The second kappa shape index (κ2) is 7.57. The van der Waals surface area contributed by atoms with Crippen molar-refractivity contribution in [3.8, 4) is 5.75 Å². The maximum Gasteiger partial charge on any atom is 0.280 e. The Hall–Kier alpha value is -2.54. The largest absolute Gasteiger partial charge is 0.497 e. The van der Waals surface area contributed by atoms with E-state index >= 15 is 0 Å². The molecule has 1 saturated heterocycles. The molecule has 7 heteroatoms. The number of hydrogen-bond donors (Lipinski definition) is 1. The van der Waals surface area contributed by atoms with Crippen LogP contribution in [0.3, 0.4) is 0 Å². The van der Waals surface area contributed by atoms with Crippen LogP contribution in [0.2, 0.25) is 0 Å². The average Bonchev–Trinajstić information content (AvgIpc) is 3.24. The lowest BCUT2D eigenvalue weighted by Crippen LogP contribution is -2.26. The third kappa shape index (κ3) is 3.61. The van der Waals surface area contributed by atoms with Crippen LogP contribution in [0.4, 0.5) is 5.82 Å². The van der Waals surface area contributed by atoms with E-state index in [9.17, 15) is 4.79 Å². The number of carbonyl (C=O) groups excluding carboxylic acids is 1. The number of anilines is 1. The fourth-order valence-corrected chi connectivity index (χ4v) is 3.15. The summed E-state index contributed by atoms with van der Waals surface area (Å²) in [6, 6.07) is 7.86. The van der Waals surface area contributed by atoms with E-state index in [1.165, 1.54) is 7.11 Å². The van der Waals surface area contributed by atoms with Crippen LogP contribution in [0.15, 0.2) is 24.3 Å². The van der Waals surface area contributed by atoms with Gasteiger partial charge in [0.25, 0.3) is 5.91 Å². The highest BCUT2D eigenvalue weighted by molar-refractivity contribution is 5.99. The quantitative estimate of drug-likeness (QED) is 0.813. The van der Waals surface area contributed by atoms with E-state index in [1.54, 1.807) is 7.11 Å². The summed E-state index contributed by atoms with van der Waals surface area (Å²) in [5.41, 5.74) is 4.93. The van der Waals surface area contributed by atoms with E-state index in [2.05, 4.69) is 10.4 Å². The molecule has 1 aliphatic rings. The van der Waals surface area contributed by atoms with Crippen molar-refractivity contribution in [2.45, 2.75) is 26.3 Å². The topological polar surface area (TPSA) is 68.6 Å². The molecule has 3 rings (SSSR count). The van der Waals surface area contributed by atoms with Crippen molar-refractivity contribution in [2.75, 3.05) is 32.2 Å². The first kappa shape index (κ1) is 17.3. The van der Waals surface area contributed by atoms with Gasteiger partial charge in [0, 0.05) is 13.1 Å². The van der Waals surface area contributed by atoms with Gasteiger partial charge in [-0.1, -0.05) is 12.1 Å². The van der Waals surface area contributed by atoms with Gasteiger partial charge in [0.1, 0.15) is 11.3 Å². The van der Waals surface area contributed by atoms with E-state index in [4.69, 9.17) is 14.7 Å². The van der Waals surface area contributed by atoms with Gasteiger partial charge in [-0.05, 0) is 37.5 Å². The minimum absolute atomic E-state index is 0.261. The highest BCUT2D eigenvalue weighted by Gasteiger charge is 2.27. The van der Waals surface area contributed by atoms with Crippen molar-refractivity contribution < 1.29 is 14.4 Å². The fourth-order valence-electron chi connectivity index (χ4n) is 3.15. The lowest BCUT2D eigenvalue weighted by molar-refractivity contribution is 0.0537. The lowest BCUT2D eigenvalue weighted by atomic mass is 10.2. The molecule has 2 heterocycles. The lowest BCUT2D eigenvalue weighted by Gasteiger charge is -2.15. The smallest absolute Gasteiger partial charge is 0.280 e. The number of nitrogens with one attached hydrogen (secondary N) is 1. The molecular weight excluding hydrogens is 320 g/mol. The first-order valence-electron chi connectivity index (χ1n) is 8.42. The maximum atomic E-state index is 12.5. The average molecular weight is 344 g/mol. The van der Waals surface area contributed by atoms with Gasteiger partial charge < -0.3 is 9.64 Å². The second-order valence-corrected chi connectivity index (χ2v) is 6.12. The van der Waals surface area contributed by atoms with Gasteiger partial charge in [-0.2, -0.15) is 5.10 Å². The summed E-state index contributed by atoms with van der Waals surface area (Å²) < 4.78 is 7.07. The third-order valence-corrected chi connectivity index (χ3v) is 4.51. The Bertz CT molecular complexity index is 734. The van der Waals surface area contributed by atoms with Crippen molar-refractivity contribution in [1.82, 2.24) is 15.3 Å². The summed E-state index contributed by atoms with van der Waals surface area (Å²) in [5.74, 6) is 1.29. The van der Waals surface area contributed by atoms with Crippen molar-refractivity contribution in [1.29, 1.82) is 0 Å². The molecule has 25 heavy (non-hydrogen) atoms. The number of carbonyl (C=O) groups is 1. The van der Waals surface area contributed by atoms with Crippen LogP contribution in [0.1, 0.15) is 34.5 Å². The van der Waals surface area contributed by atoms with Crippen molar-refractivity contribution in [3.63, 3.8) is 0 Å². The predicted octanol–water partition coefficient (Wildman–Crippen LogP) is 2.14. The Morgan fingerprint density at radius 1 is 1.20 bits per heavy atom. The van der Waals surface area contributed by atoms with Gasteiger partial charge in [0.15, 0.2) is 5.82 Å². The summed E-state index contributed by atoms with van der Waals surface area (Å²) in [5, 5.41) is 4.73. The fraction of sp³-hybridized carbons (Fsp3) is 0.444. The normalized spacial score (nSPS) is 14.0. The molecule has 1 aliphatic heterocycles. The zero-order valence-corrected chi connectivity index (χ0v) is 14.9. The second-order valence-electron chi connectivity index (χ2n) is 6.12. The van der Waals surface area contributed by atoms with Crippen molar-refractivity contribution >= 4 is 11.7 Å². The predicted molar refractivity (Wildman–Crippen MR) is 95.0 cm³/mol. The van der Waals surface area contributed by atoms with E-state index in [0.29, 0.717) is 12.1 Å². The third-order valence-electron chi connectivity index (χ3n) is 4.51. The SMILES string of the molecule is CONC(=O)c1c(N2CCCC2)nn(Cc2ccc(OC)cc2)c1C. The number of hydrogen-bond acceptors (Lipinski definition) is 5. The van der Waals surface area contributed by atoms with Gasteiger partial charge in [0.05, 0.1) is 26.5 Å². The number of nitrogens with zero attached hydrogens (tertiary/aromatic N) is 3. The van der Waals surface area contributed by atoms with Gasteiger partial charge in [-0.15, -0.1) is 0 Å². The van der Waals surface area contributed by atoms with Crippen LogP contribution in [-0.4, -0.2) is 43.0 Å². The molecule has 0 radical (unpaired) electrons. The Balaban J connectivity index is 1.92. The highest BCUT2D eigenvalue weighted by Crippen LogP contribution is 2.27. The minimum Gasteiger partial charge on any atom is -0.497 e. The Morgan fingerprint density at radius 2 is 1.88 bits per heavy atom. The van der Waals surface area contributed by atoms with Gasteiger partial charge in [0.2, 0.25) is 0 Å². The molecule has 0 atom stereocenters. The van der Waals surface area contributed by atoms with Crippen molar-refractivity contribution in [2.24, 2.45) is 0 Å².